The molecule has 0 aliphatic rings. The third kappa shape index (κ3) is 5.12. The van der Waals surface area contributed by atoms with Crippen LogP contribution in [-0.4, -0.2) is 24.0 Å². The summed E-state index contributed by atoms with van der Waals surface area (Å²) < 4.78 is 5.17. The van der Waals surface area contributed by atoms with Crippen molar-refractivity contribution in [3.05, 3.63) is 65.7 Å². The van der Waals surface area contributed by atoms with Gasteiger partial charge in [0.1, 0.15) is 5.75 Å². The molecule has 3 nitrogen and oxygen atoms in total. The molecule has 2 rings (SSSR count). The molecule has 0 aromatic heterocycles. The Morgan fingerprint density at radius 3 is 2.29 bits per heavy atom. The van der Waals surface area contributed by atoms with Gasteiger partial charge in [-0.05, 0) is 43.0 Å². The average molecular weight is 325 g/mol. The van der Waals surface area contributed by atoms with E-state index in [0.29, 0.717) is 13.0 Å². The number of nitrogens with zero attached hydrogens (tertiary/aromatic N) is 1. The molecular weight excluding hydrogens is 298 g/mol. The van der Waals surface area contributed by atoms with E-state index < -0.39 is 0 Å². The van der Waals surface area contributed by atoms with Gasteiger partial charge in [0.2, 0.25) is 5.91 Å². The Balaban J connectivity index is 1.98. The zero-order valence-corrected chi connectivity index (χ0v) is 14.9. The van der Waals surface area contributed by atoms with Crippen LogP contribution in [-0.2, 0) is 17.8 Å². The van der Waals surface area contributed by atoms with E-state index in [-0.39, 0.29) is 11.9 Å². The van der Waals surface area contributed by atoms with Gasteiger partial charge in [-0.15, -0.1) is 0 Å². The van der Waals surface area contributed by atoms with Gasteiger partial charge >= 0.3 is 0 Å². The Morgan fingerprint density at radius 2 is 1.71 bits per heavy atom. The summed E-state index contributed by atoms with van der Waals surface area (Å²) in [6, 6.07) is 18.4. The van der Waals surface area contributed by atoms with E-state index in [9.17, 15) is 4.79 Å². The highest BCUT2D eigenvalue weighted by molar-refractivity contribution is 5.76. The number of hydrogen-bond donors (Lipinski definition) is 0. The Hall–Kier alpha value is -2.29. The van der Waals surface area contributed by atoms with E-state index in [1.807, 2.05) is 47.4 Å². The Bertz CT molecular complexity index is 622. The van der Waals surface area contributed by atoms with Gasteiger partial charge in [-0.3, -0.25) is 4.79 Å². The third-order valence-corrected chi connectivity index (χ3v) is 4.43. The highest BCUT2D eigenvalue weighted by Gasteiger charge is 2.18. The molecule has 1 atom stereocenters. The first-order chi connectivity index (χ1) is 11.6. The van der Waals surface area contributed by atoms with Crippen molar-refractivity contribution in [1.29, 1.82) is 0 Å². The number of ether oxygens (including phenoxy) is 1. The molecule has 0 spiro atoms. The van der Waals surface area contributed by atoms with Crippen molar-refractivity contribution in [3.63, 3.8) is 0 Å². The highest BCUT2D eigenvalue weighted by Crippen LogP contribution is 2.16. The SMILES string of the molecule is CCC(C)N(Cc1ccccc1)C(=O)CCc1ccc(OC)cc1. The normalized spacial score (nSPS) is 11.8. The highest BCUT2D eigenvalue weighted by atomic mass is 16.5. The summed E-state index contributed by atoms with van der Waals surface area (Å²) >= 11 is 0. The molecular formula is C21H27NO2. The van der Waals surface area contributed by atoms with Crippen LogP contribution in [0.5, 0.6) is 5.75 Å². The topological polar surface area (TPSA) is 29.5 Å². The minimum Gasteiger partial charge on any atom is -0.497 e. The molecule has 1 unspecified atom stereocenters. The summed E-state index contributed by atoms with van der Waals surface area (Å²) in [5.41, 5.74) is 2.34. The van der Waals surface area contributed by atoms with Crippen LogP contribution in [0.2, 0.25) is 0 Å². The minimum atomic E-state index is 0.212. The van der Waals surface area contributed by atoms with Gasteiger partial charge in [0.25, 0.3) is 0 Å². The number of amides is 1. The molecule has 2 aromatic rings. The Kier molecular flexibility index (Phi) is 6.86. The van der Waals surface area contributed by atoms with Crippen molar-refractivity contribution in [2.75, 3.05) is 7.11 Å². The number of carbonyl (C=O) groups excluding carboxylic acids is 1. The fourth-order valence-electron chi connectivity index (χ4n) is 2.68. The van der Waals surface area contributed by atoms with Gasteiger partial charge in [-0.2, -0.15) is 0 Å². The maximum atomic E-state index is 12.7. The van der Waals surface area contributed by atoms with E-state index in [0.717, 1.165) is 24.2 Å². The van der Waals surface area contributed by atoms with E-state index in [2.05, 4.69) is 26.0 Å². The van der Waals surface area contributed by atoms with E-state index in [4.69, 9.17) is 4.74 Å². The summed E-state index contributed by atoms with van der Waals surface area (Å²) in [7, 11) is 1.66. The molecule has 0 aliphatic heterocycles. The molecule has 0 bridgehead atoms. The van der Waals surface area contributed by atoms with Crippen molar-refractivity contribution in [1.82, 2.24) is 4.90 Å². The number of aryl methyl sites for hydroxylation is 1. The van der Waals surface area contributed by atoms with Gasteiger partial charge in [0.05, 0.1) is 7.11 Å². The van der Waals surface area contributed by atoms with Crippen molar-refractivity contribution >= 4 is 5.91 Å². The first kappa shape index (κ1) is 18.1. The summed E-state index contributed by atoms with van der Waals surface area (Å²) in [6.45, 7) is 4.92. The zero-order chi connectivity index (χ0) is 17.4. The Labute approximate surface area is 145 Å². The first-order valence-corrected chi connectivity index (χ1v) is 8.60. The molecule has 0 fully saturated rings. The maximum absolute atomic E-state index is 12.7. The summed E-state index contributed by atoms with van der Waals surface area (Å²) in [4.78, 5) is 14.7. The second-order valence-corrected chi connectivity index (χ2v) is 6.11. The summed E-state index contributed by atoms with van der Waals surface area (Å²) in [5, 5.41) is 0. The van der Waals surface area contributed by atoms with Crippen molar-refractivity contribution in [3.8, 4) is 5.75 Å². The fraction of sp³-hybridized carbons (Fsp3) is 0.381. The van der Waals surface area contributed by atoms with Crippen molar-refractivity contribution in [2.24, 2.45) is 0 Å². The van der Waals surface area contributed by atoms with Gasteiger partial charge in [0.15, 0.2) is 0 Å². The molecule has 0 heterocycles. The number of carbonyl (C=O) groups is 1. The summed E-state index contributed by atoms with van der Waals surface area (Å²) in [5.74, 6) is 1.06. The molecule has 3 heteroatoms. The van der Waals surface area contributed by atoms with Crippen LogP contribution in [0, 0.1) is 0 Å². The second-order valence-electron chi connectivity index (χ2n) is 6.11. The lowest BCUT2D eigenvalue weighted by Crippen LogP contribution is -2.37. The largest absolute Gasteiger partial charge is 0.497 e. The van der Waals surface area contributed by atoms with Crippen LogP contribution >= 0.6 is 0 Å². The van der Waals surface area contributed by atoms with Crippen molar-refractivity contribution < 1.29 is 9.53 Å². The number of rotatable bonds is 8. The molecule has 128 valence electrons. The van der Waals surface area contributed by atoms with Crippen LogP contribution in [0.1, 0.15) is 37.8 Å². The first-order valence-electron chi connectivity index (χ1n) is 8.60. The lowest BCUT2D eigenvalue weighted by atomic mass is 10.1. The standard InChI is InChI=1S/C21H27NO2/c1-4-17(2)22(16-19-8-6-5-7-9-19)21(23)15-12-18-10-13-20(24-3)14-11-18/h5-11,13-14,17H,4,12,15-16H2,1-3H3. The van der Waals surface area contributed by atoms with Crippen LogP contribution in [0.3, 0.4) is 0 Å². The minimum absolute atomic E-state index is 0.212. The molecule has 1 amide bonds. The van der Waals surface area contributed by atoms with Gasteiger partial charge in [-0.1, -0.05) is 49.4 Å². The molecule has 0 N–H and O–H groups in total. The second kappa shape index (κ2) is 9.11. The predicted octanol–water partition coefficient (Wildman–Crippen LogP) is 4.46. The quantitative estimate of drug-likeness (QED) is 0.717. The Morgan fingerprint density at radius 1 is 1.04 bits per heavy atom. The predicted molar refractivity (Wildman–Crippen MR) is 98.1 cm³/mol. The molecule has 0 radical (unpaired) electrons. The molecule has 0 aliphatic carbocycles. The van der Waals surface area contributed by atoms with Crippen LogP contribution in [0.4, 0.5) is 0 Å². The van der Waals surface area contributed by atoms with Crippen LogP contribution in [0.15, 0.2) is 54.6 Å². The molecule has 0 saturated heterocycles. The summed E-state index contributed by atoms with van der Waals surface area (Å²) in [6.07, 6.45) is 2.25. The molecule has 24 heavy (non-hydrogen) atoms. The number of hydrogen-bond acceptors (Lipinski definition) is 2. The van der Waals surface area contributed by atoms with E-state index in [1.54, 1.807) is 7.11 Å². The average Bonchev–Trinajstić information content (AvgIpc) is 2.64. The number of methoxy groups -OCH3 is 1. The van der Waals surface area contributed by atoms with E-state index >= 15 is 0 Å². The zero-order valence-electron chi connectivity index (χ0n) is 14.9. The van der Waals surface area contributed by atoms with Gasteiger partial charge in [0, 0.05) is 19.0 Å². The third-order valence-electron chi connectivity index (χ3n) is 4.43. The molecule has 2 aromatic carbocycles. The lowest BCUT2D eigenvalue weighted by molar-refractivity contribution is -0.134. The number of benzene rings is 2. The van der Waals surface area contributed by atoms with Crippen molar-refractivity contribution in [2.45, 2.75) is 45.7 Å². The fourth-order valence-corrected chi connectivity index (χ4v) is 2.68. The van der Waals surface area contributed by atoms with Gasteiger partial charge in [-0.25, -0.2) is 0 Å². The van der Waals surface area contributed by atoms with E-state index in [1.165, 1.54) is 5.56 Å². The maximum Gasteiger partial charge on any atom is 0.223 e. The lowest BCUT2D eigenvalue weighted by Gasteiger charge is -2.29. The smallest absolute Gasteiger partial charge is 0.223 e. The monoisotopic (exact) mass is 325 g/mol. The van der Waals surface area contributed by atoms with Gasteiger partial charge < -0.3 is 9.64 Å². The molecule has 0 saturated carbocycles. The van der Waals surface area contributed by atoms with Crippen LogP contribution in [0.25, 0.3) is 0 Å². The van der Waals surface area contributed by atoms with Crippen LogP contribution < -0.4 is 4.74 Å².